The summed E-state index contributed by atoms with van der Waals surface area (Å²) >= 11 is 3.20. The highest BCUT2D eigenvalue weighted by molar-refractivity contribution is 7.98. The minimum absolute atomic E-state index is 0.157. The summed E-state index contributed by atoms with van der Waals surface area (Å²) in [6, 6.07) is -0.468. The van der Waals surface area contributed by atoms with Crippen molar-refractivity contribution < 1.29 is 9.59 Å². The fraction of sp³-hybridized carbons (Fsp3) is 0.583. The van der Waals surface area contributed by atoms with Crippen LogP contribution >= 0.6 is 23.1 Å². The van der Waals surface area contributed by atoms with Gasteiger partial charge in [0, 0.05) is 12.3 Å². The van der Waals surface area contributed by atoms with E-state index < -0.39 is 6.04 Å². The molecule has 5 nitrogen and oxygen atoms in total. The van der Waals surface area contributed by atoms with Crippen molar-refractivity contribution in [3.63, 3.8) is 0 Å². The Bertz CT molecular complexity index is 434. The van der Waals surface area contributed by atoms with Crippen LogP contribution in [0.3, 0.4) is 0 Å². The average molecular weight is 301 g/mol. The lowest BCUT2D eigenvalue weighted by Gasteiger charge is -2.16. The van der Waals surface area contributed by atoms with Gasteiger partial charge in [0.15, 0.2) is 0 Å². The summed E-state index contributed by atoms with van der Waals surface area (Å²) in [4.78, 5) is 27.4. The van der Waals surface area contributed by atoms with E-state index in [2.05, 4.69) is 15.6 Å². The normalized spacial score (nSPS) is 11.9. The van der Waals surface area contributed by atoms with Gasteiger partial charge in [-0.25, -0.2) is 4.98 Å². The Hall–Kier alpha value is -1.08. The number of hydrogen-bond donors (Lipinski definition) is 2. The summed E-state index contributed by atoms with van der Waals surface area (Å²) in [5.41, 5.74) is 0.849. The minimum atomic E-state index is -0.468. The van der Waals surface area contributed by atoms with Crippen molar-refractivity contribution >= 4 is 34.9 Å². The van der Waals surface area contributed by atoms with E-state index in [4.69, 9.17) is 0 Å². The Morgan fingerprint density at radius 1 is 1.53 bits per heavy atom. The molecule has 1 aromatic heterocycles. The van der Waals surface area contributed by atoms with Crippen LogP contribution in [0.25, 0.3) is 0 Å². The van der Waals surface area contributed by atoms with Gasteiger partial charge in [-0.1, -0.05) is 0 Å². The van der Waals surface area contributed by atoms with Crippen molar-refractivity contribution in [3.05, 3.63) is 16.1 Å². The molecule has 1 rings (SSSR count). The second-order valence-corrected chi connectivity index (χ2v) is 6.16. The van der Waals surface area contributed by atoms with E-state index in [0.29, 0.717) is 13.0 Å². The first-order valence-electron chi connectivity index (χ1n) is 5.97. The molecule has 0 fully saturated rings. The van der Waals surface area contributed by atoms with Crippen molar-refractivity contribution in [3.8, 4) is 0 Å². The maximum absolute atomic E-state index is 12.0. The van der Waals surface area contributed by atoms with Crippen LogP contribution in [0.1, 0.15) is 24.0 Å². The first kappa shape index (κ1) is 16.0. The van der Waals surface area contributed by atoms with Gasteiger partial charge in [-0.15, -0.1) is 11.3 Å². The largest absolute Gasteiger partial charge is 0.349 e. The number of thiazole rings is 1. The molecule has 0 saturated heterocycles. The zero-order valence-electron chi connectivity index (χ0n) is 11.4. The number of carbonyl (C=O) groups excluding carboxylic acids is 2. The Labute approximate surface area is 121 Å². The molecule has 0 bridgehead atoms. The quantitative estimate of drug-likeness (QED) is 0.797. The molecular formula is C12H19N3O2S2. The van der Waals surface area contributed by atoms with E-state index in [0.717, 1.165) is 16.5 Å². The van der Waals surface area contributed by atoms with Crippen molar-refractivity contribution in [1.82, 2.24) is 15.6 Å². The highest BCUT2D eigenvalue weighted by Crippen LogP contribution is 2.07. The molecule has 0 aliphatic carbocycles. The second-order valence-electron chi connectivity index (χ2n) is 4.11. The van der Waals surface area contributed by atoms with Gasteiger partial charge in [0.1, 0.15) is 6.04 Å². The molecule has 0 saturated carbocycles. The van der Waals surface area contributed by atoms with Gasteiger partial charge >= 0.3 is 0 Å². The summed E-state index contributed by atoms with van der Waals surface area (Å²) in [6.07, 6.45) is 2.60. The van der Waals surface area contributed by atoms with E-state index in [1.165, 1.54) is 6.92 Å². The van der Waals surface area contributed by atoms with Gasteiger partial charge in [0.25, 0.3) is 0 Å². The van der Waals surface area contributed by atoms with Gasteiger partial charge in [-0.2, -0.15) is 11.8 Å². The van der Waals surface area contributed by atoms with E-state index in [1.807, 2.05) is 18.6 Å². The van der Waals surface area contributed by atoms with Gasteiger partial charge in [0.2, 0.25) is 11.8 Å². The summed E-state index contributed by atoms with van der Waals surface area (Å²) in [5.74, 6) is 0.481. The summed E-state index contributed by atoms with van der Waals surface area (Å²) in [5, 5.41) is 8.38. The highest BCUT2D eigenvalue weighted by atomic mass is 32.2. The lowest BCUT2D eigenvalue weighted by molar-refractivity contribution is -0.128. The van der Waals surface area contributed by atoms with Crippen LogP contribution < -0.4 is 10.6 Å². The molecule has 0 aromatic carbocycles. The monoisotopic (exact) mass is 301 g/mol. The van der Waals surface area contributed by atoms with E-state index in [-0.39, 0.29) is 11.8 Å². The molecule has 0 unspecified atom stereocenters. The molecule has 7 heteroatoms. The van der Waals surface area contributed by atoms with Crippen LogP contribution in [-0.2, 0) is 16.1 Å². The molecule has 0 radical (unpaired) electrons. The fourth-order valence-corrected chi connectivity index (χ4v) is 2.62. The first-order chi connectivity index (χ1) is 9.02. The van der Waals surface area contributed by atoms with Crippen molar-refractivity contribution in [2.45, 2.75) is 32.9 Å². The Morgan fingerprint density at radius 2 is 2.26 bits per heavy atom. The minimum Gasteiger partial charge on any atom is -0.349 e. The number of nitrogens with zero attached hydrogens (tertiary/aromatic N) is 1. The lowest BCUT2D eigenvalue weighted by Crippen LogP contribution is -2.46. The number of thioether (sulfide) groups is 1. The highest BCUT2D eigenvalue weighted by Gasteiger charge is 2.18. The smallest absolute Gasteiger partial charge is 0.242 e. The molecule has 106 valence electrons. The second kappa shape index (κ2) is 8.16. The average Bonchev–Trinajstić information content (AvgIpc) is 2.77. The number of aromatic nitrogens is 1. The van der Waals surface area contributed by atoms with Crippen LogP contribution in [0.15, 0.2) is 5.38 Å². The van der Waals surface area contributed by atoms with E-state index in [9.17, 15) is 9.59 Å². The Morgan fingerprint density at radius 3 is 2.79 bits per heavy atom. The van der Waals surface area contributed by atoms with Gasteiger partial charge in [0.05, 0.1) is 17.2 Å². The van der Waals surface area contributed by atoms with Crippen molar-refractivity contribution in [2.75, 3.05) is 12.0 Å². The summed E-state index contributed by atoms with van der Waals surface area (Å²) < 4.78 is 0. The molecule has 0 spiro atoms. The van der Waals surface area contributed by atoms with Crippen LogP contribution in [0, 0.1) is 6.92 Å². The third-order valence-electron chi connectivity index (χ3n) is 2.41. The molecule has 1 heterocycles. The predicted octanol–water partition coefficient (Wildman–Crippen LogP) is 1.33. The molecule has 0 aliphatic heterocycles. The molecule has 0 aliphatic rings. The number of hydrogen-bond acceptors (Lipinski definition) is 5. The Balaban J connectivity index is 2.48. The van der Waals surface area contributed by atoms with Crippen molar-refractivity contribution in [1.29, 1.82) is 0 Å². The number of rotatable bonds is 7. The number of amides is 2. The molecule has 2 amide bonds. The summed E-state index contributed by atoms with van der Waals surface area (Å²) in [7, 11) is 0. The predicted molar refractivity (Wildman–Crippen MR) is 79.3 cm³/mol. The van der Waals surface area contributed by atoms with E-state index in [1.54, 1.807) is 23.1 Å². The maximum atomic E-state index is 12.0. The maximum Gasteiger partial charge on any atom is 0.242 e. The summed E-state index contributed by atoms with van der Waals surface area (Å²) in [6.45, 7) is 3.75. The zero-order valence-corrected chi connectivity index (χ0v) is 13.0. The SMILES string of the molecule is CSCC[C@H](NC(C)=O)C(=O)NCc1csc(C)n1. The fourth-order valence-electron chi connectivity index (χ4n) is 1.54. The van der Waals surface area contributed by atoms with Crippen molar-refractivity contribution in [2.24, 2.45) is 0 Å². The number of aryl methyl sites for hydroxylation is 1. The molecule has 1 aromatic rings. The number of nitrogens with one attached hydrogen (secondary N) is 2. The third-order valence-corrected chi connectivity index (χ3v) is 3.88. The molecule has 1 atom stereocenters. The van der Waals surface area contributed by atoms with Crippen LogP contribution in [0.2, 0.25) is 0 Å². The van der Waals surface area contributed by atoms with Gasteiger partial charge in [-0.05, 0) is 25.4 Å². The topological polar surface area (TPSA) is 71.1 Å². The van der Waals surface area contributed by atoms with Crippen LogP contribution in [0.5, 0.6) is 0 Å². The number of carbonyl (C=O) groups is 2. The third kappa shape index (κ3) is 6.07. The van der Waals surface area contributed by atoms with Gasteiger partial charge in [-0.3, -0.25) is 9.59 Å². The standard InChI is InChI=1S/C12H19N3O2S2/c1-8(16)14-11(4-5-18-3)12(17)13-6-10-7-19-9(2)15-10/h7,11H,4-6H2,1-3H3,(H,13,17)(H,14,16)/t11-/m0/s1. The van der Waals surface area contributed by atoms with E-state index >= 15 is 0 Å². The zero-order chi connectivity index (χ0) is 14.3. The molecular weight excluding hydrogens is 282 g/mol. The lowest BCUT2D eigenvalue weighted by atomic mass is 10.2. The first-order valence-corrected chi connectivity index (χ1v) is 8.25. The molecule has 19 heavy (non-hydrogen) atoms. The van der Waals surface area contributed by atoms with Crippen LogP contribution in [0.4, 0.5) is 0 Å². The van der Waals surface area contributed by atoms with Gasteiger partial charge < -0.3 is 10.6 Å². The van der Waals surface area contributed by atoms with Crippen LogP contribution in [-0.4, -0.2) is 34.8 Å². The molecule has 2 N–H and O–H groups in total. The Kier molecular flexibility index (Phi) is 6.86.